The van der Waals surface area contributed by atoms with Crippen LogP contribution >= 0.6 is 0 Å². The third kappa shape index (κ3) is 4.78. The molecule has 7 heteroatoms. The smallest absolute Gasteiger partial charge is 0.254 e. The Morgan fingerprint density at radius 2 is 1.81 bits per heavy atom. The van der Waals surface area contributed by atoms with Crippen molar-refractivity contribution in [2.24, 2.45) is 5.41 Å². The minimum absolute atomic E-state index is 0.0743. The van der Waals surface area contributed by atoms with Crippen LogP contribution in [0.25, 0.3) is 11.1 Å². The fourth-order valence-electron chi connectivity index (χ4n) is 4.85. The highest BCUT2D eigenvalue weighted by Crippen LogP contribution is 2.34. The normalized spacial score (nSPS) is 18.9. The van der Waals surface area contributed by atoms with E-state index in [2.05, 4.69) is 17.2 Å². The third-order valence-electron chi connectivity index (χ3n) is 6.90. The molecule has 3 aromatic carbocycles. The molecule has 1 fully saturated rings. The van der Waals surface area contributed by atoms with Crippen molar-refractivity contribution >= 4 is 17.7 Å². The molecule has 2 aliphatic rings. The van der Waals surface area contributed by atoms with Gasteiger partial charge in [-0.1, -0.05) is 48.2 Å². The van der Waals surface area contributed by atoms with Crippen molar-refractivity contribution in [1.29, 1.82) is 0 Å². The van der Waals surface area contributed by atoms with Crippen molar-refractivity contribution in [3.63, 3.8) is 0 Å². The summed E-state index contributed by atoms with van der Waals surface area (Å²) in [6, 6.07) is 19.8. The molecular formula is C30H26N2O5. The highest BCUT2D eigenvalue weighted by molar-refractivity contribution is 6.02. The zero-order valence-electron chi connectivity index (χ0n) is 20.4. The van der Waals surface area contributed by atoms with Crippen LogP contribution in [0.15, 0.2) is 66.7 Å². The summed E-state index contributed by atoms with van der Waals surface area (Å²) in [6.45, 7) is 0.434. The molecule has 1 unspecified atom stereocenters. The Kier molecular flexibility index (Phi) is 6.41. The lowest BCUT2D eigenvalue weighted by Gasteiger charge is -2.30. The first-order valence-corrected chi connectivity index (χ1v) is 12.1. The van der Waals surface area contributed by atoms with E-state index in [1.807, 2.05) is 42.5 Å². The van der Waals surface area contributed by atoms with Crippen LogP contribution in [0.4, 0.5) is 0 Å². The second-order valence-electron chi connectivity index (χ2n) is 9.34. The summed E-state index contributed by atoms with van der Waals surface area (Å²) < 4.78 is 5.26. The number of para-hydroxylation sites is 1. The summed E-state index contributed by atoms with van der Waals surface area (Å²) in [5.74, 6) is 6.04. The van der Waals surface area contributed by atoms with Gasteiger partial charge in [-0.2, -0.15) is 0 Å². The monoisotopic (exact) mass is 494 g/mol. The number of hydrogen-bond acceptors (Lipinski definition) is 5. The molecule has 2 aliphatic heterocycles. The van der Waals surface area contributed by atoms with E-state index < -0.39 is 11.3 Å². The van der Waals surface area contributed by atoms with E-state index in [1.165, 1.54) is 0 Å². The van der Waals surface area contributed by atoms with Crippen molar-refractivity contribution in [3.8, 4) is 34.5 Å². The molecule has 0 aliphatic carbocycles. The van der Waals surface area contributed by atoms with Crippen LogP contribution in [0, 0.1) is 17.3 Å². The summed E-state index contributed by atoms with van der Waals surface area (Å²) in [5.41, 5.74) is 2.41. The number of benzene rings is 3. The molecular weight excluding hydrogens is 468 g/mol. The molecule has 186 valence electrons. The van der Waals surface area contributed by atoms with Gasteiger partial charge in [0.25, 0.3) is 5.91 Å². The highest BCUT2D eigenvalue weighted by Gasteiger charge is 2.43. The van der Waals surface area contributed by atoms with Crippen molar-refractivity contribution in [1.82, 2.24) is 10.2 Å². The molecule has 0 aromatic heterocycles. The van der Waals surface area contributed by atoms with Gasteiger partial charge in [-0.05, 0) is 54.3 Å². The Balaban J connectivity index is 1.45. The Labute approximate surface area is 215 Å². The Hall–Kier alpha value is -4.57. The molecule has 1 saturated heterocycles. The first kappa shape index (κ1) is 24.1. The molecule has 0 spiro atoms. The predicted molar refractivity (Wildman–Crippen MR) is 138 cm³/mol. The Morgan fingerprint density at radius 1 is 1.03 bits per heavy atom. The number of methoxy groups -OCH3 is 1. The van der Waals surface area contributed by atoms with Crippen LogP contribution in [0.3, 0.4) is 0 Å². The van der Waals surface area contributed by atoms with Gasteiger partial charge in [0, 0.05) is 36.2 Å². The lowest BCUT2D eigenvalue weighted by atomic mass is 9.82. The average Bonchev–Trinajstić information content (AvgIpc) is 3.13. The molecule has 5 rings (SSSR count). The number of ether oxygens (including phenoxy) is 1. The quantitative estimate of drug-likeness (QED) is 0.424. The number of rotatable bonds is 4. The van der Waals surface area contributed by atoms with E-state index in [-0.39, 0.29) is 30.5 Å². The number of amides is 3. The van der Waals surface area contributed by atoms with E-state index in [1.54, 1.807) is 36.3 Å². The number of fused-ring (bicyclic) bond motifs is 1. The maximum absolute atomic E-state index is 13.3. The number of phenolic OH excluding ortho intramolecular Hbond substituents is 1. The van der Waals surface area contributed by atoms with Gasteiger partial charge in [-0.3, -0.25) is 19.7 Å². The predicted octanol–water partition coefficient (Wildman–Crippen LogP) is 3.89. The lowest BCUT2D eigenvalue weighted by Crippen LogP contribution is -2.48. The first-order valence-electron chi connectivity index (χ1n) is 12.1. The van der Waals surface area contributed by atoms with Gasteiger partial charge in [-0.25, -0.2) is 0 Å². The van der Waals surface area contributed by atoms with Gasteiger partial charge < -0.3 is 14.7 Å². The second-order valence-corrected chi connectivity index (χ2v) is 9.34. The lowest BCUT2D eigenvalue weighted by molar-refractivity contribution is -0.133. The van der Waals surface area contributed by atoms with Crippen LogP contribution < -0.4 is 10.1 Å². The summed E-state index contributed by atoms with van der Waals surface area (Å²) in [4.78, 5) is 40.2. The summed E-state index contributed by atoms with van der Waals surface area (Å²) in [5, 5.41) is 12.6. The molecule has 2 N–H and O–H groups in total. The number of nitrogens with one attached hydrogen (secondary N) is 1. The number of phenols is 1. The van der Waals surface area contributed by atoms with Gasteiger partial charge in [0.2, 0.25) is 11.8 Å². The Morgan fingerprint density at radius 3 is 2.57 bits per heavy atom. The summed E-state index contributed by atoms with van der Waals surface area (Å²) >= 11 is 0. The maximum atomic E-state index is 13.3. The number of hydrogen-bond donors (Lipinski definition) is 2. The number of nitrogens with zero attached hydrogens (tertiary/aromatic N) is 1. The number of carbonyl (C=O) groups excluding carboxylic acids is 3. The van der Waals surface area contributed by atoms with Crippen LogP contribution in [0.2, 0.25) is 0 Å². The molecule has 2 heterocycles. The van der Waals surface area contributed by atoms with Crippen molar-refractivity contribution in [2.45, 2.75) is 25.8 Å². The molecule has 0 saturated carbocycles. The van der Waals surface area contributed by atoms with Crippen LogP contribution in [0.1, 0.15) is 40.7 Å². The molecule has 3 aromatic rings. The largest absolute Gasteiger partial charge is 0.507 e. The minimum atomic E-state index is -1.23. The number of imide groups is 1. The molecule has 7 nitrogen and oxygen atoms in total. The molecule has 0 bridgehead atoms. The van der Waals surface area contributed by atoms with Crippen molar-refractivity contribution in [2.75, 3.05) is 13.7 Å². The van der Waals surface area contributed by atoms with Gasteiger partial charge >= 0.3 is 0 Å². The SMILES string of the molecule is COc1ccc2c(c1)C(=O)N(CC1(C#Cc3ccc(-c4ccccc4O)cc3)CCCC(=O)NC1=O)C2. The second kappa shape index (κ2) is 9.82. The van der Waals surface area contributed by atoms with Crippen LogP contribution in [-0.4, -0.2) is 41.4 Å². The van der Waals surface area contributed by atoms with Gasteiger partial charge in [-0.15, -0.1) is 0 Å². The van der Waals surface area contributed by atoms with Crippen molar-refractivity contribution in [3.05, 3.63) is 83.4 Å². The standard InChI is InChI=1S/C30H26N2O5/c1-37-23-13-12-22-18-32(28(35)25(22)17-23)19-30(15-4-7-27(34)31-29(30)36)16-14-20-8-10-21(11-9-20)24-5-2-3-6-26(24)33/h2-3,5-6,8-13,17,33H,4,7,15,18-19H2,1H3,(H,31,34,36). The molecule has 0 radical (unpaired) electrons. The molecule has 1 atom stereocenters. The van der Waals surface area contributed by atoms with Crippen LogP contribution in [-0.2, 0) is 16.1 Å². The Bertz CT molecular complexity index is 1450. The summed E-state index contributed by atoms with van der Waals surface area (Å²) in [7, 11) is 1.55. The number of aromatic hydroxyl groups is 1. The van der Waals surface area contributed by atoms with E-state index in [9.17, 15) is 19.5 Å². The maximum Gasteiger partial charge on any atom is 0.254 e. The first-order chi connectivity index (χ1) is 17.9. The van der Waals surface area contributed by atoms with Gasteiger partial charge in [0.15, 0.2) is 0 Å². The minimum Gasteiger partial charge on any atom is -0.507 e. The fourth-order valence-corrected chi connectivity index (χ4v) is 4.85. The number of carbonyl (C=O) groups is 3. The van der Waals surface area contributed by atoms with Gasteiger partial charge in [0.05, 0.1) is 7.11 Å². The van der Waals surface area contributed by atoms with Crippen LogP contribution in [0.5, 0.6) is 11.5 Å². The topological polar surface area (TPSA) is 95.9 Å². The van der Waals surface area contributed by atoms with E-state index >= 15 is 0 Å². The zero-order chi connectivity index (χ0) is 26.0. The zero-order valence-corrected chi connectivity index (χ0v) is 20.4. The third-order valence-corrected chi connectivity index (χ3v) is 6.90. The molecule has 3 amide bonds. The van der Waals surface area contributed by atoms with E-state index in [4.69, 9.17) is 4.74 Å². The van der Waals surface area contributed by atoms with Gasteiger partial charge in [0.1, 0.15) is 16.9 Å². The van der Waals surface area contributed by atoms with E-state index in [0.29, 0.717) is 41.8 Å². The average molecular weight is 495 g/mol. The summed E-state index contributed by atoms with van der Waals surface area (Å²) in [6.07, 6.45) is 1.08. The highest BCUT2D eigenvalue weighted by atomic mass is 16.5. The fraction of sp³-hybridized carbons (Fsp3) is 0.233. The molecule has 37 heavy (non-hydrogen) atoms. The van der Waals surface area contributed by atoms with Crippen molar-refractivity contribution < 1.29 is 24.2 Å². The van der Waals surface area contributed by atoms with E-state index in [0.717, 1.165) is 11.1 Å².